The zero-order valence-corrected chi connectivity index (χ0v) is 11.5. The first-order chi connectivity index (χ1) is 8.91. The van der Waals surface area contributed by atoms with Crippen LogP contribution in [0.1, 0.15) is 25.8 Å². The summed E-state index contributed by atoms with van der Waals surface area (Å²) < 4.78 is 0. The number of carbonyl (C=O) groups excluding carboxylic acids is 1. The molecule has 19 heavy (non-hydrogen) atoms. The van der Waals surface area contributed by atoms with Crippen LogP contribution in [0.15, 0.2) is 24.3 Å². The third-order valence-corrected chi connectivity index (χ3v) is 3.87. The minimum atomic E-state index is -0.829. The molecule has 1 aliphatic heterocycles. The SMILES string of the molecule is Cc1cccc(N2C(=O)CC(C)C(C(=O)O)C2C)c1. The van der Waals surface area contributed by atoms with Gasteiger partial charge in [0.25, 0.3) is 0 Å². The number of anilines is 1. The van der Waals surface area contributed by atoms with Crippen molar-refractivity contribution < 1.29 is 14.7 Å². The molecule has 102 valence electrons. The summed E-state index contributed by atoms with van der Waals surface area (Å²) in [5.41, 5.74) is 1.85. The highest BCUT2D eigenvalue weighted by atomic mass is 16.4. The van der Waals surface area contributed by atoms with E-state index in [9.17, 15) is 14.7 Å². The van der Waals surface area contributed by atoms with Gasteiger partial charge in [0, 0.05) is 18.2 Å². The monoisotopic (exact) mass is 261 g/mol. The van der Waals surface area contributed by atoms with Gasteiger partial charge in [0.15, 0.2) is 0 Å². The summed E-state index contributed by atoms with van der Waals surface area (Å²) >= 11 is 0. The molecule has 3 atom stereocenters. The maximum absolute atomic E-state index is 12.2. The number of piperidine rings is 1. The van der Waals surface area contributed by atoms with Crippen LogP contribution in [0.3, 0.4) is 0 Å². The molecule has 0 aromatic heterocycles. The van der Waals surface area contributed by atoms with E-state index >= 15 is 0 Å². The number of hydrogen-bond acceptors (Lipinski definition) is 2. The highest BCUT2D eigenvalue weighted by Gasteiger charge is 2.42. The number of amides is 1. The molecule has 0 saturated carbocycles. The largest absolute Gasteiger partial charge is 0.481 e. The summed E-state index contributed by atoms with van der Waals surface area (Å²) in [6.45, 7) is 5.61. The van der Waals surface area contributed by atoms with Gasteiger partial charge in [-0.2, -0.15) is 0 Å². The zero-order chi connectivity index (χ0) is 14.2. The van der Waals surface area contributed by atoms with E-state index in [0.29, 0.717) is 0 Å². The van der Waals surface area contributed by atoms with Crippen molar-refractivity contribution in [1.29, 1.82) is 0 Å². The van der Waals surface area contributed by atoms with Gasteiger partial charge in [0.05, 0.1) is 5.92 Å². The van der Waals surface area contributed by atoms with Crippen molar-refractivity contribution in [1.82, 2.24) is 0 Å². The van der Waals surface area contributed by atoms with Crippen LogP contribution in [0.5, 0.6) is 0 Å². The van der Waals surface area contributed by atoms with Crippen LogP contribution >= 0.6 is 0 Å². The topological polar surface area (TPSA) is 57.6 Å². The maximum Gasteiger partial charge on any atom is 0.308 e. The van der Waals surface area contributed by atoms with E-state index in [-0.39, 0.29) is 24.3 Å². The average molecular weight is 261 g/mol. The Morgan fingerprint density at radius 3 is 2.63 bits per heavy atom. The van der Waals surface area contributed by atoms with Gasteiger partial charge >= 0.3 is 5.97 Å². The average Bonchev–Trinajstić information content (AvgIpc) is 2.27. The van der Waals surface area contributed by atoms with Gasteiger partial charge in [-0.25, -0.2) is 0 Å². The van der Waals surface area contributed by atoms with E-state index in [2.05, 4.69) is 0 Å². The standard InChI is InChI=1S/C15H19NO3/c1-9-5-4-6-12(7-9)16-11(3)14(15(18)19)10(2)8-13(16)17/h4-7,10-11,14H,8H2,1-3H3,(H,18,19). The highest BCUT2D eigenvalue weighted by Crippen LogP contribution is 2.33. The molecule has 2 rings (SSSR count). The molecule has 4 heteroatoms. The number of nitrogens with zero attached hydrogens (tertiary/aromatic N) is 1. The fourth-order valence-electron chi connectivity index (χ4n) is 2.97. The lowest BCUT2D eigenvalue weighted by molar-refractivity contribution is -0.146. The molecule has 0 aliphatic carbocycles. The van der Waals surface area contributed by atoms with Crippen molar-refractivity contribution in [2.24, 2.45) is 11.8 Å². The predicted octanol–water partition coefficient (Wildman–Crippen LogP) is 2.46. The summed E-state index contributed by atoms with van der Waals surface area (Å²) in [6, 6.07) is 7.30. The Balaban J connectivity index is 2.38. The molecule has 0 bridgehead atoms. The number of hydrogen-bond donors (Lipinski definition) is 1. The number of rotatable bonds is 2. The third kappa shape index (κ3) is 2.48. The second-order valence-electron chi connectivity index (χ2n) is 5.39. The van der Waals surface area contributed by atoms with Crippen LogP contribution < -0.4 is 4.90 Å². The van der Waals surface area contributed by atoms with Crippen LogP contribution in [0.4, 0.5) is 5.69 Å². The lowest BCUT2D eigenvalue weighted by atomic mass is 9.80. The Kier molecular flexibility index (Phi) is 3.60. The molecule has 0 spiro atoms. The molecule has 1 aromatic rings. The van der Waals surface area contributed by atoms with Gasteiger partial charge in [-0.05, 0) is 37.5 Å². The first-order valence-electron chi connectivity index (χ1n) is 6.53. The maximum atomic E-state index is 12.2. The molecular weight excluding hydrogens is 242 g/mol. The quantitative estimate of drug-likeness (QED) is 0.889. The molecule has 0 radical (unpaired) electrons. The van der Waals surface area contributed by atoms with E-state index in [0.717, 1.165) is 11.3 Å². The van der Waals surface area contributed by atoms with E-state index in [1.54, 1.807) is 4.90 Å². The molecule has 1 N–H and O–H groups in total. The Hall–Kier alpha value is -1.84. The van der Waals surface area contributed by atoms with Crippen LogP contribution in [-0.2, 0) is 9.59 Å². The molecule has 1 fully saturated rings. The molecule has 1 aliphatic rings. The van der Waals surface area contributed by atoms with Gasteiger partial charge in [-0.15, -0.1) is 0 Å². The van der Waals surface area contributed by atoms with Crippen molar-refractivity contribution in [2.75, 3.05) is 4.90 Å². The van der Waals surface area contributed by atoms with E-state index in [1.165, 1.54) is 0 Å². The van der Waals surface area contributed by atoms with E-state index in [1.807, 2.05) is 45.0 Å². The first-order valence-corrected chi connectivity index (χ1v) is 6.53. The fourth-order valence-corrected chi connectivity index (χ4v) is 2.97. The van der Waals surface area contributed by atoms with Gasteiger partial charge in [-0.3, -0.25) is 9.59 Å². The summed E-state index contributed by atoms with van der Waals surface area (Å²) in [5, 5.41) is 9.35. The molecule has 1 amide bonds. The molecule has 1 aromatic carbocycles. The second-order valence-corrected chi connectivity index (χ2v) is 5.39. The Morgan fingerprint density at radius 1 is 1.37 bits per heavy atom. The number of aryl methyl sites for hydroxylation is 1. The van der Waals surface area contributed by atoms with Crippen molar-refractivity contribution in [3.05, 3.63) is 29.8 Å². The van der Waals surface area contributed by atoms with Crippen LogP contribution in [-0.4, -0.2) is 23.0 Å². The van der Waals surface area contributed by atoms with Crippen LogP contribution in [0.25, 0.3) is 0 Å². The lowest BCUT2D eigenvalue weighted by Gasteiger charge is -2.40. The van der Waals surface area contributed by atoms with Gasteiger partial charge < -0.3 is 10.0 Å². The fraction of sp³-hybridized carbons (Fsp3) is 0.467. The molecule has 1 heterocycles. The summed E-state index contributed by atoms with van der Waals surface area (Å²) in [4.78, 5) is 25.2. The van der Waals surface area contributed by atoms with Gasteiger partial charge in [-0.1, -0.05) is 19.1 Å². The van der Waals surface area contributed by atoms with Crippen LogP contribution in [0, 0.1) is 18.8 Å². The van der Waals surface area contributed by atoms with E-state index < -0.39 is 11.9 Å². The van der Waals surface area contributed by atoms with Crippen molar-refractivity contribution >= 4 is 17.6 Å². The van der Waals surface area contributed by atoms with Crippen molar-refractivity contribution in [3.8, 4) is 0 Å². The Morgan fingerprint density at radius 2 is 2.05 bits per heavy atom. The highest BCUT2D eigenvalue weighted by molar-refractivity contribution is 5.96. The Labute approximate surface area is 113 Å². The van der Waals surface area contributed by atoms with Gasteiger partial charge in [0.2, 0.25) is 5.91 Å². The lowest BCUT2D eigenvalue weighted by Crippen LogP contribution is -2.53. The Bertz CT molecular complexity index is 512. The summed E-state index contributed by atoms with van der Waals surface area (Å²) in [7, 11) is 0. The van der Waals surface area contributed by atoms with Crippen molar-refractivity contribution in [2.45, 2.75) is 33.2 Å². The number of carboxylic acid groups (broad SMARTS) is 1. The second kappa shape index (κ2) is 5.03. The minimum absolute atomic E-state index is 0.00287. The van der Waals surface area contributed by atoms with Gasteiger partial charge in [0.1, 0.15) is 0 Å². The summed E-state index contributed by atoms with van der Waals surface area (Å²) in [6.07, 6.45) is 0.287. The third-order valence-electron chi connectivity index (χ3n) is 3.87. The summed E-state index contributed by atoms with van der Waals surface area (Å²) in [5.74, 6) is -1.47. The normalized spacial score (nSPS) is 27.4. The number of carbonyl (C=O) groups is 2. The zero-order valence-electron chi connectivity index (χ0n) is 11.5. The number of carboxylic acids is 1. The number of aliphatic carboxylic acids is 1. The minimum Gasteiger partial charge on any atom is -0.481 e. The van der Waals surface area contributed by atoms with Crippen LogP contribution in [0.2, 0.25) is 0 Å². The van der Waals surface area contributed by atoms with Crippen molar-refractivity contribution in [3.63, 3.8) is 0 Å². The smallest absolute Gasteiger partial charge is 0.308 e. The van der Waals surface area contributed by atoms with E-state index in [4.69, 9.17) is 0 Å². The number of benzene rings is 1. The molecule has 4 nitrogen and oxygen atoms in total. The first kappa shape index (κ1) is 13.6. The molecule has 1 saturated heterocycles. The molecular formula is C15H19NO3. The molecule has 3 unspecified atom stereocenters. The predicted molar refractivity (Wildman–Crippen MR) is 73.0 cm³/mol.